The molecule has 0 aliphatic heterocycles. The molecular formula is C20H26N6. The van der Waals surface area contributed by atoms with Crippen molar-refractivity contribution in [3.8, 4) is 11.3 Å². The van der Waals surface area contributed by atoms with Crippen molar-refractivity contribution in [2.75, 3.05) is 18.9 Å². The van der Waals surface area contributed by atoms with Crippen molar-refractivity contribution in [2.45, 2.75) is 38.1 Å². The minimum absolute atomic E-state index is 0.473. The lowest BCUT2D eigenvalue weighted by Crippen LogP contribution is -2.28. The molecule has 6 nitrogen and oxygen atoms in total. The molecule has 0 saturated heterocycles. The molecule has 6 heteroatoms. The summed E-state index contributed by atoms with van der Waals surface area (Å²) in [4.78, 5) is 16.7. The Bertz CT molecular complexity index is 850. The first-order valence-corrected chi connectivity index (χ1v) is 9.50. The molecule has 1 saturated carbocycles. The van der Waals surface area contributed by atoms with Crippen molar-refractivity contribution in [2.24, 2.45) is 5.92 Å². The highest BCUT2D eigenvalue weighted by molar-refractivity contribution is 5.92. The Morgan fingerprint density at radius 2 is 2.00 bits per heavy atom. The smallest absolute Gasteiger partial charge is 0.223 e. The zero-order chi connectivity index (χ0) is 17.8. The molecule has 1 aliphatic rings. The average Bonchev–Trinajstić information content (AvgIpc) is 3.12. The topological polar surface area (TPSA) is 78.5 Å². The maximum absolute atomic E-state index is 4.75. The first-order chi connectivity index (χ1) is 12.8. The van der Waals surface area contributed by atoms with Crippen molar-refractivity contribution in [3.05, 3.63) is 36.8 Å². The first-order valence-electron chi connectivity index (χ1n) is 9.50. The number of fused-ring (bicyclic) bond motifs is 1. The lowest BCUT2D eigenvalue weighted by Gasteiger charge is -2.29. The lowest BCUT2D eigenvalue weighted by molar-refractivity contribution is 0.319. The molecule has 0 unspecified atom stereocenters. The van der Waals surface area contributed by atoms with Gasteiger partial charge in [-0.25, -0.2) is 15.0 Å². The van der Waals surface area contributed by atoms with Crippen LogP contribution in [0.2, 0.25) is 0 Å². The van der Waals surface area contributed by atoms with Gasteiger partial charge in [0.05, 0.1) is 5.69 Å². The van der Waals surface area contributed by atoms with Gasteiger partial charge in [0.15, 0.2) is 0 Å². The lowest BCUT2D eigenvalue weighted by atomic mass is 9.84. The number of nitrogens with zero attached hydrogens (tertiary/aromatic N) is 3. The van der Waals surface area contributed by atoms with Gasteiger partial charge in [0.25, 0.3) is 0 Å². The molecule has 0 aromatic carbocycles. The van der Waals surface area contributed by atoms with Gasteiger partial charge in [-0.05, 0) is 69.8 Å². The number of rotatable bonds is 6. The summed E-state index contributed by atoms with van der Waals surface area (Å²) in [6.07, 6.45) is 11.8. The van der Waals surface area contributed by atoms with E-state index in [9.17, 15) is 0 Å². The number of aromatic amines is 1. The van der Waals surface area contributed by atoms with Crippen LogP contribution in [0.15, 0.2) is 36.8 Å². The zero-order valence-corrected chi connectivity index (χ0v) is 15.2. The highest BCUT2D eigenvalue weighted by Gasteiger charge is 2.21. The molecule has 0 amide bonds. The van der Waals surface area contributed by atoms with Gasteiger partial charge in [-0.2, -0.15) is 0 Å². The minimum Gasteiger partial charge on any atom is -0.351 e. The fourth-order valence-electron chi connectivity index (χ4n) is 3.87. The van der Waals surface area contributed by atoms with Gasteiger partial charge in [-0.15, -0.1) is 0 Å². The molecule has 3 N–H and O–H groups in total. The van der Waals surface area contributed by atoms with Crippen molar-refractivity contribution >= 4 is 17.0 Å². The number of hydrogen-bond acceptors (Lipinski definition) is 5. The normalized spacial score (nSPS) is 20.3. The summed E-state index contributed by atoms with van der Waals surface area (Å²) in [6.45, 7) is 1.12. The van der Waals surface area contributed by atoms with Gasteiger partial charge in [0.1, 0.15) is 5.65 Å². The number of hydrogen-bond donors (Lipinski definition) is 3. The summed E-state index contributed by atoms with van der Waals surface area (Å²) in [5.41, 5.74) is 2.87. The molecule has 26 heavy (non-hydrogen) atoms. The van der Waals surface area contributed by atoms with E-state index in [1.807, 2.05) is 31.6 Å². The van der Waals surface area contributed by atoms with E-state index in [0.29, 0.717) is 6.04 Å². The Labute approximate surface area is 153 Å². The summed E-state index contributed by atoms with van der Waals surface area (Å²) >= 11 is 0. The van der Waals surface area contributed by atoms with Gasteiger partial charge < -0.3 is 15.6 Å². The van der Waals surface area contributed by atoms with E-state index in [2.05, 4.69) is 31.7 Å². The summed E-state index contributed by atoms with van der Waals surface area (Å²) in [5, 5.41) is 7.89. The van der Waals surface area contributed by atoms with Gasteiger partial charge >= 0.3 is 0 Å². The second-order valence-electron chi connectivity index (χ2n) is 7.12. The quantitative estimate of drug-likeness (QED) is 0.633. The molecule has 0 bridgehead atoms. The van der Waals surface area contributed by atoms with Crippen molar-refractivity contribution in [1.82, 2.24) is 25.3 Å². The van der Waals surface area contributed by atoms with Crippen LogP contribution in [0.1, 0.15) is 32.1 Å². The van der Waals surface area contributed by atoms with E-state index in [0.717, 1.165) is 40.7 Å². The van der Waals surface area contributed by atoms with E-state index in [-0.39, 0.29) is 0 Å². The third-order valence-corrected chi connectivity index (χ3v) is 5.37. The largest absolute Gasteiger partial charge is 0.351 e. The fourth-order valence-corrected chi connectivity index (χ4v) is 3.87. The molecule has 3 aromatic heterocycles. The SMILES string of the molecule is CNCCC1CCC(Nc2nccc(-c3c[nH]c4ncccc34)n2)CC1. The predicted molar refractivity (Wildman–Crippen MR) is 105 cm³/mol. The van der Waals surface area contributed by atoms with Crippen molar-refractivity contribution < 1.29 is 0 Å². The number of pyridine rings is 1. The summed E-state index contributed by atoms with van der Waals surface area (Å²) < 4.78 is 0. The van der Waals surface area contributed by atoms with Crippen LogP contribution < -0.4 is 10.6 Å². The molecule has 1 fully saturated rings. The van der Waals surface area contributed by atoms with Crippen LogP contribution in [0.4, 0.5) is 5.95 Å². The number of aromatic nitrogens is 4. The van der Waals surface area contributed by atoms with E-state index < -0.39 is 0 Å². The number of nitrogens with one attached hydrogen (secondary N) is 3. The van der Waals surface area contributed by atoms with Gasteiger partial charge in [0, 0.05) is 35.6 Å². The summed E-state index contributed by atoms with van der Waals surface area (Å²) in [5.74, 6) is 1.57. The zero-order valence-electron chi connectivity index (χ0n) is 15.2. The molecule has 0 spiro atoms. The Hall–Kier alpha value is -2.47. The third-order valence-electron chi connectivity index (χ3n) is 5.37. The number of anilines is 1. The second-order valence-corrected chi connectivity index (χ2v) is 7.12. The average molecular weight is 350 g/mol. The van der Waals surface area contributed by atoms with Crippen molar-refractivity contribution in [3.63, 3.8) is 0 Å². The molecule has 3 aromatic rings. The van der Waals surface area contributed by atoms with Gasteiger partial charge in [-0.3, -0.25) is 0 Å². The van der Waals surface area contributed by atoms with Crippen LogP contribution in [0, 0.1) is 5.92 Å². The van der Waals surface area contributed by atoms with E-state index in [4.69, 9.17) is 4.98 Å². The highest BCUT2D eigenvalue weighted by atomic mass is 15.1. The van der Waals surface area contributed by atoms with E-state index in [1.165, 1.54) is 32.1 Å². The Morgan fingerprint density at radius 1 is 1.12 bits per heavy atom. The molecule has 0 atom stereocenters. The van der Waals surface area contributed by atoms with Crippen molar-refractivity contribution in [1.29, 1.82) is 0 Å². The first kappa shape index (κ1) is 17.0. The van der Waals surface area contributed by atoms with Crippen LogP contribution in [0.3, 0.4) is 0 Å². The van der Waals surface area contributed by atoms with E-state index in [1.54, 1.807) is 6.20 Å². The number of H-pyrrole nitrogens is 1. The molecule has 0 radical (unpaired) electrons. The maximum Gasteiger partial charge on any atom is 0.223 e. The predicted octanol–water partition coefficient (Wildman–Crippen LogP) is 3.60. The maximum atomic E-state index is 4.75. The van der Waals surface area contributed by atoms with Crippen LogP contribution in [0.5, 0.6) is 0 Å². The van der Waals surface area contributed by atoms with Gasteiger partial charge in [0.2, 0.25) is 5.95 Å². The van der Waals surface area contributed by atoms with Crippen LogP contribution in [-0.4, -0.2) is 39.6 Å². The second kappa shape index (κ2) is 7.83. The molecule has 1 aliphatic carbocycles. The summed E-state index contributed by atoms with van der Waals surface area (Å²) in [6, 6.07) is 6.44. The Balaban J connectivity index is 1.44. The van der Waals surface area contributed by atoms with Gasteiger partial charge in [-0.1, -0.05) is 0 Å². The monoisotopic (exact) mass is 350 g/mol. The van der Waals surface area contributed by atoms with Crippen LogP contribution in [0.25, 0.3) is 22.3 Å². The minimum atomic E-state index is 0.473. The Kier molecular flexibility index (Phi) is 5.11. The molecule has 4 rings (SSSR count). The van der Waals surface area contributed by atoms with Crippen LogP contribution >= 0.6 is 0 Å². The summed E-state index contributed by atoms with van der Waals surface area (Å²) in [7, 11) is 2.03. The van der Waals surface area contributed by atoms with Crippen LogP contribution in [-0.2, 0) is 0 Å². The standard InChI is InChI=1S/C20H26N6/c1-21-11-8-14-4-6-15(7-5-14)25-20-23-12-9-18(26-20)17-13-24-19-16(17)3-2-10-22-19/h2-3,9-10,12-15,21H,4-8,11H2,1H3,(H,22,24)(H,23,25,26). The fraction of sp³-hybridized carbons (Fsp3) is 0.450. The third kappa shape index (κ3) is 3.70. The molecule has 136 valence electrons. The Morgan fingerprint density at radius 3 is 2.85 bits per heavy atom. The highest BCUT2D eigenvalue weighted by Crippen LogP contribution is 2.29. The molecular weight excluding hydrogens is 324 g/mol. The molecule has 3 heterocycles. The van der Waals surface area contributed by atoms with E-state index >= 15 is 0 Å².